The van der Waals surface area contributed by atoms with Crippen LogP contribution in [0.3, 0.4) is 0 Å². The minimum atomic E-state index is -0.857. The third-order valence-corrected chi connectivity index (χ3v) is 2.51. The first-order chi connectivity index (χ1) is 9.53. The average Bonchev–Trinajstić information content (AvgIpc) is 2.46. The van der Waals surface area contributed by atoms with E-state index in [2.05, 4.69) is 16.6 Å². The number of methoxy groups -OCH3 is 1. The topological polar surface area (TPSA) is 64.6 Å². The van der Waals surface area contributed by atoms with Gasteiger partial charge in [-0.1, -0.05) is 19.6 Å². The Balaban J connectivity index is 3.08. The second-order valence-electron chi connectivity index (χ2n) is 3.86. The Labute approximate surface area is 116 Å². The fourth-order valence-corrected chi connectivity index (χ4v) is 1.52. The summed E-state index contributed by atoms with van der Waals surface area (Å²) in [6.07, 6.45) is 1.13. The molecule has 0 bridgehead atoms. The van der Waals surface area contributed by atoms with Crippen molar-refractivity contribution in [3.63, 3.8) is 0 Å². The average molecular weight is 281 g/mol. The molecule has 0 atom stereocenters. The summed E-state index contributed by atoms with van der Waals surface area (Å²) >= 11 is 0. The quantitative estimate of drug-likeness (QED) is 0.665. The Kier molecular flexibility index (Phi) is 5.71. The van der Waals surface area contributed by atoms with Crippen LogP contribution in [-0.2, 0) is 15.9 Å². The van der Waals surface area contributed by atoms with Crippen LogP contribution in [0.2, 0.25) is 0 Å². The van der Waals surface area contributed by atoms with E-state index in [1.165, 1.54) is 18.2 Å². The first kappa shape index (κ1) is 15.7. The summed E-state index contributed by atoms with van der Waals surface area (Å²) in [4.78, 5) is 22.9. The number of halogens is 1. The van der Waals surface area contributed by atoms with Gasteiger partial charge in [-0.25, -0.2) is 14.0 Å². The summed E-state index contributed by atoms with van der Waals surface area (Å²) in [5, 5.41) is 2.25. The van der Waals surface area contributed by atoms with Gasteiger partial charge in [-0.15, -0.1) is 0 Å². The van der Waals surface area contributed by atoms with Crippen LogP contribution in [0.1, 0.15) is 22.8 Å². The molecule has 0 aromatic heterocycles. The molecule has 0 aliphatic rings. The van der Waals surface area contributed by atoms with Gasteiger partial charge in [0.25, 0.3) is 0 Å². The third-order valence-electron chi connectivity index (χ3n) is 2.51. The monoisotopic (exact) mass is 281 g/mol. The summed E-state index contributed by atoms with van der Waals surface area (Å²) in [5.74, 6) is -1.66. The van der Waals surface area contributed by atoms with E-state index in [0.29, 0.717) is 12.0 Å². The van der Waals surface area contributed by atoms with Gasteiger partial charge in [0, 0.05) is 0 Å². The third kappa shape index (κ3) is 3.81. The fourth-order valence-electron chi connectivity index (χ4n) is 1.52. The molecule has 1 aromatic rings. The SMILES string of the molecule is C=CCOC(=O)Nc1cc(CC)cc(C(=O)OC)c1F. The molecule has 0 heterocycles. The number of carbonyl (C=O) groups excluding carboxylic acids is 2. The molecule has 1 rings (SSSR count). The molecule has 108 valence electrons. The second kappa shape index (κ2) is 7.28. The van der Waals surface area contributed by atoms with E-state index < -0.39 is 17.9 Å². The van der Waals surface area contributed by atoms with E-state index in [0.717, 1.165) is 7.11 Å². The lowest BCUT2D eigenvalue weighted by atomic mass is 10.1. The molecule has 20 heavy (non-hydrogen) atoms. The highest BCUT2D eigenvalue weighted by atomic mass is 19.1. The van der Waals surface area contributed by atoms with Crippen LogP contribution >= 0.6 is 0 Å². The molecule has 0 unspecified atom stereocenters. The number of carbonyl (C=O) groups is 2. The molecule has 0 spiro atoms. The number of esters is 1. The molecule has 5 nitrogen and oxygen atoms in total. The highest BCUT2D eigenvalue weighted by Crippen LogP contribution is 2.22. The normalized spacial score (nSPS) is 9.75. The van der Waals surface area contributed by atoms with E-state index in [4.69, 9.17) is 4.74 Å². The summed E-state index contributed by atoms with van der Waals surface area (Å²) < 4.78 is 23.3. The van der Waals surface area contributed by atoms with E-state index >= 15 is 0 Å². The number of ether oxygens (including phenoxy) is 2. The minimum Gasteiger partial charge on any atom is -0.465 e. The molecule has 0 fully saturated rings. The second-order valence-corrected chi connectivity index (χ2v) is 3.86. The Morgan fingerprint density at radius 2 is 2.15 bits per heavy atom. The first-order valence-electron chi connectivity index (χ1n) is 5.98. The molecule has 0 aliphatic heterocycles. The summed E-state index contributed by atoms with van der Waals surface area (Å²) in [7, 11) is 1.16. The molecule has 1 aromatic carbocycles. The number of anilines is 1. The Morgan fingerprint density at radius 1 is 1.45 bits per heavy atom. The van der Waals surface area contributed by atoms with E-state index in [9.17, 15) is 14.0 Å². The van der Waals surface area contributed by atoms with Crippen molar-refractivity contribution in [3.05, 3.63) is 41.7 Å². The number of hydrogen-bond donors (Lipinski definition) is 1. The lowest BCUT2D eigenvalue weighted by Crippen LogP contribution is -2.16. The van der Waals surface area contributed by atoms with Gasteiger partial charge in [0.05, 0.1) is 18.4 Å². The van der Waals surface area contributed by atoms with Gasteiger partial charge < -0.3 is 9.47 Å². The Hall–Kier alpha value is -2.37. The smallest absolute Gasteiger partial charge is 0.412 e. The van der Waals surface area contributed by atoms with E-state index in [-0.39, 0.29) is 17.9 Å². The molecule has 1 N–H and O–H groups in total. The maximum Gasteiger partial charge on any atom is 0.412 e. The van der Waals surface area contributed by atoms with Crippen LogP contribution < -0.4 is 5.32 Å². The number of nitrogens with one attached hydrogen (secondary N) is 1. The molecule has 0 radical (unpaired) electrons. The highest BCUT2D eigenvalue weighted by Gasteiger charge is 2.18. The van der Waals surface area contributed by atoms with Gasteiger partial charge in [-0.3, -0.25) is 5.32 Å². The largest absolute Gasteiger partial charge is 0.465 e. The lowest BCUT2D eigenvalue weighted by Gasteiger charge is -2.11. The van der Waals surface area contributed by atoms with Gasteiger partial charge in [0.15, 0.2) is 5.82 Å². The summed E-state index contributed by atoms with van der Waals surface area (Å²) in [6.45, 7) is 5.24. The standard InChI is InChI=1S/C14H16FNO4/c1-4-6-20-14(18)16-11-8-9(5-2)7-10(12(11)15)13(17)19-3/h4,7-8H,1,5-6H2,2-3H3,(H,16,18). The van der Waals surface area contributed by atoms with Gasteiger partial charge in [-0.2, -0.15) is 0 Å². The van der Waals surface area contributed by atoms with Crippen LogP contribution in [0, 0.1) is 5.82 Å². The van der Waals surface area contributed by atoms with Crippen LogP contribution in [0.4, 0.5) is 14.9 Å². The molecule has 6 heteroatoms. The molecular weight excluding hydrogens is 265 g/mol. The molecule has 0 saturated carbocycles. The predicted octanol–water partition coefficient (Wildman–Crippen LogP) is 2.91. The van der Waals surface area contributed by atoms with E-state index in [1.54, 1.807) is 0 Å². The van der Waals surface area contributed by atoms with Crippen molar-refractivity contribution in [1.29, 1.82) is 0 Å². The first-order valence-corrected chi connectivity index (χ1v) is 5.98. The van der Waals surface area contributed by atoms with Crippen molar-refractivity contribution in [1.82, 2.24) is 0 Å². The molecule has 1 amide bonds. The number of rotatable bonds is 5. The van der Waals surface area contributed by atoms with E-state index in [1.807, 2.05) is 6.92 Å². The lowest BCUT2D eigenvalue weighted by molar-refractivity contribution is 0.0595. The van der Waals surface area contributed by atoms with Crippen LogP contribution in [0.15, 0.2) is 24.8 Å². The Bertz CT molecular complexity index is 528. The number of aryl methyl sites for hydroxylation is 1. The highest BCUT2D eigenvalue weighted by molar-refractivity contribution is 5.93. The Morgan fingerprint density at radius 3 is 2.70 bits per heavy atom. The van der Waals surface area contributed by atoms with Crippen LogP contribution in [0.25, 0.3) is 0 Å². The van der Waals surface area contributed by atoms with Crippen LogP contribution in [-0.4, -0.2) is 25.8 Å². The zero-order valence-corrected chi connectivity index (χ0v) is 11.4. The summed E-state index contributed by atoms with van der Waals surface area (Å²) in [6, 6.07) is 2.83. The molecular formula is C14H16FNO4. The maximum absolute atomic E-state index is 14.1. The number of amides is 1. The van der Waals surface area contributed by atoms with Gasteiger partial charge >= 0.3 is 12.1 Å². The maximum atomic E-state index is 14.1. The fraction of sp³-hybridized carbons (Fsp3) is 0.286. The van der Waals surface area contributed by atoms with Crippen LogP contribution in [0.5, 0.6) is 0 Å². The van der Waals surface area contributed by atoms with Crippen molar-refractivity contribution in [2.75, 3.05) is 19.0 Å². The molecule has 0 saturated heterocycles. The number of benzene rings is 1. The minimum absolute atomic E-state index is 0.00474. The van der Waals surface area contributed by atoms with Crippen molar-refractivity contribution >= 4 is 17.7 Å². The zero-order chi connectivity index (χ0) is 15.1. The molecule has 0 aliphatic carbocycles. The van der Waals surface area contributed by atoms with Crippen molar-refractivity contribution in [2.45, 2.75) is 13.3 Å². The number of hydrogen-bond acceptors (Lipinski definition) is 4. The van der Waals surface area contributed by atoms with Crippen molar-refractivity contribution in [2.24, 2.45) is 0 Å². The zero-order valence-electron chi connectivity index (χ0n) is 11.4. The van der Waals surface area contributed by atoms with Gasteiger partial charge in [0.1, 0.15) is 6.61 Å². The summed E-state index contributed by atoms with van der Waals surface area (Å²) in [5.41, 5.74) is 0.329. The van der Waals surface area contributed by atoms with Crippen molar-refractivity contribution in [3.8, 4) is 0 Å². The predicted molar refractivity (Wildman–Crippen MR) is 72.3 cm³/mol. The van der Waals surface area contributed by atoms with Gasteiger partial charge in [-0.05, 0) is 24.1 Å². The van der Waals surface area contributed by atoms with Gasteiger partial charge in [0.2, 0.25) is 0 Å². The van der Waals surface area contributed by atoms with Crippen molar-refractivity contribution < 1.29 is 23.5 Å².